The summed E-state index contributed by atoms with van der Waals surface area (Å²) in [4.78, 5) is 32.1. The minimum atomic E-state index is -0.384. The van der Waals surface area contributed by atoms with E-state index in [4.69, 9.17) is 17.0 Å². The van der Waals surface area contributed by atoms with Crippen LogP contribution in [0, 0.1) is 0 Å². The van der Waals surface area contributed by atoms with Crippen molar-refractivity contribution in [3.05, 3.63) is 41.7 Å². The molecule has 6 nitrogen and oxygen atoms in total. The lowest BCUT2D eigenvalue weighted by Crippen LogP contribution is -2.57. The van der Waals surface area contributed by atoms with Gasteiger partial charge in [0.15, 0.2) is 5.11 Å². The smallest absolute Gasteiger partial charge is 0.269 e. The molecule has 0 atom stereocenters. The molecule has 2 amide bonds. The molecule has 1 saturated heterocycles. The van der Waals surface area contributed by atoms with Crippen LogP contribution in [0.25, 0.3) is 5.57 Å². The number of amides is 2. The van der Waals surface area contributed by atoms with E-state index in [0.717, 1.165) is 55.6 Å². The number of nitrogens with zero attached hydrogens (tertiary/aromatic N) is 3. The minimum absolute atomic E-state index is 0.0433. The maximum atomic E-state index is 13.4. The number of carbonyl (C=O) groups excluding carboxylic acids is 2. The highest BCUT2D eigenvalue weighted by atomic mass is 32.1. The Morgan fingerprint density at radius 3 is 1.94 bits per heavy atom. The first-order chi connectivity index (χ1) is 16.2. The van der Waals surface area contributed by atoms with Crippen LogP contribution in [0.5, 0.6) is 5.75 Å². The molecule has 1 aromatic rings. The third-order valence-electron chi connectivity index (χ3n) is 6.02. The summed E-state index contributed by atoms with van der Waals surface area (Å²) in [6.07, 6.45) is 3.45. The molecule has 0 unspecified atom stereocenters. The number of rotatable bonds is 12. The van der Waals surface area contributed by atoms with Crippen molar-refractivity contribution < 1.29 is 14.3 Å². The van der Waals surface area contributed by atoms with E-state index in [1.807, 2.05) is 25.1 Å². The van der Waals surface area contributed by atoms with Crippen LogP contribution in [-0.2, 0) is 9.59 Å². The summed E-state index contributed by atoms with van der Waals surface area (Å²) in [5.74, 6) is 0.0894. The maximum absolute atomic E-state index is 13.4. The van der Waals surface area contributed by atoms with E-state index in [-0.39, 0.29) is 23.1 Å². The van der Waals surface area contributed by atoms with Crippen molar-refractivity contribution in [3.63, 3.8) is 0 Å². The van der Waals surface area contributed by atoms with Crippen LogP contribution < -0.4 is 9.64 Å². The van der Waals surface area contributed by atoms with Crippen molar-refractivity contribution >= 4 is 40.4 Å². The van der Waals surface area contributed by atoms with E-state index in [2.05, 4.69) is 39.2 Å². The highest BCUT2D eigenvalue weighted by molar-refractivity contribution is 7.80. The van der Waals surface area contributed by atoms with Crippen molar-refractivity contribution in [1.82, 2.24) is 9.80 Å². The number of benzene rings is 1. The maximum Gasteiger partial charge on any atom is 0.269 e. The van der Waals surface area contributed by atoms with E-state index < -0.39 is 0 Å². The van der Waals surface area contributed by atoms with E-state index in [0.29, 0.717) is 24.0 Å². The van der Waals surface area contributed by atoms with Gasteiger partial charge in [0.05, 0.1) is 0 Å². The Labute approximate surface area is 210 Å². The molecule has 0 bridgehead atoms. The fourth-order valence-electron chi connectivity index (χ4n) is 3.96. The van der Waals surface area contributed by atoms with Gasteiger partial charge in [-0.25, -0.2) is 0 Å². The number of anilines is 1. The molecular formula is C27H39N3O3S. The van der Waals surface area contributed by atoms with Crippen LogP contribution >= 0.6 is 12.2 Å². The highest BCUT2D eigenvalue weighted by Gasteiger charge is 2.40. The van der Waals surface area contributed by atoms with Gasteiger partial charge in [-0.1, -0.05) is 33.3 Å². The van der Waals surface area contributed by atoms with Crippen molar-refractivity contribution in [2.24, 2.45) is 0 Å². The molecule has 0 radical (unpaired) electrons. The zero-order chi connectivity index (χ0) is 25.4. The van der Waals surface area contributed by atoms with E-state index >= 15 is 0 Å². The number of hydrogen-bond donors (Lipinski definition) is 0. The predicted molar refractivity (Wildman–Crippen MR) is 144 cm³/mol. The molecule has 1 aliphatic rings. The molecule has 0 N–H and O–H groups in total. The first kappa shape index (κ1) is 27.6. The molecule has 186 valence electrons. The van der Waals surface area contributed by atoms with Crippen LogP contribution in [-0.4, -0.2) is 52.9 Å². The molecule has 0 saturated carbocycles. The second-order valence-electron chi connectivity index (χ2n) is 8.57. The standard InChI is InChI=1S/C27H39N3O3S/c1-8-12-16-29-25(31)24(26(32)30(27(29)34)17-13-9-2)20(7)33-23-18-21(28(10-3)11-4)14-15-22(23)19(5)6/h14-15,18H,5,8-13,16-17H2,1-4,6-7H3. The summed E-state index contributed by atoms with van der Waals surface area (Å²) in [5, 5.41) is 0.291. The largest absolute Gasteiger partial charge is 0.460 e. The monoisotopic (exact) mass is 485 g/mol. The quantitative estimate of drug-likeness (QED) is 0.163. The summed E-state index contributed by atoms with van der Waals surface area (Å²) in [5.41, 5.74) is 2.74. The van der Waals surface area contributed by atoms with Gasteiger partial charge in [-0.2, -0.15) is 0 Å². The number of carbonyl (C=O) groups is 2. The van der Waals surface area contributed by atoms with Gasteiger partial charge >= 0.3 is 0 Å². The summed E-state index contributed by atoms with van der Waals surface area (Å²) >= 11 is 5.56. The number of ether oxygens (including phenoxy) is 1. The van der Waals surface area contributed by atoms with Gasteiger partial charge in [-0.15, -0.1) is 0 Å². The van der Waals surface area contributed by atoms with Crippen LogP contribution in [0.3, 0.4) is 0 Å². The normalized spacial score (nSPS) is 14.1. The van der Waals surface area contributed by atoms with Crippen LogP contribution in [0.1, 0.15) is 72.8 Å². The van der Waals surface area contributed by atoms with E-state index in [9.17, 15) is 9.59 Å². The van der Waals surface area contributed by atoms with Crippen LogP contribution in [0.15, 0.2) is 36.1 Å². The lowest BCUT2D eigenvalue weighted by molar-refractivity contribution is -0.134. The SMILES string of the molecule is C=C(C)c1ccc(N(CC)CC)cc1OC(C)=C1C(=O)N(CCCC)C(=S)N(CCCC)C1=O. The first-order valence-electron chi connectivity index (χ1n) is 12.3. The van der Waals surface area contributed by atoms with Crippen LogP contribution in [0.4, 0.5) is 5.69 Å². The van der Waals surface area contributed by atoms with Crippen molar-refractivity contribution in [3.8, 4) is 5.75 Å². The minimum Gasteiger partial charge on any atom is -0.460 e. The lowest BCUT2D eigenvalue weighted by atomic mass is 10.1. The fraction of sp³-hybridized carbons (Fsp3) is 0.519. The number of thiocarbonyl (C=S) groups is 1. The van der Waals surface area contributed by atoms with Crippen LogP contribution in [0.2, 0.25) is 0 Å². The van der Waals surface area contributed by atoms with E-state index in [1.54, 1.807) is 16.7 Å². The summed E-state index contributed by atoms with van der Waals surface area (Å²) < 4.78 is 6.26. The number of allylic oxidation sites excluding steroid dienone is 2. The summed E-state index contributed by atoms with van der Waals surface area (Å²) in [6.45, 7) is 18.7. The van der Waals surface area contributed by atoms with Gasteiger partial charge in [0, 0.05) is 43.5 Å². The first-order valence-corrected chi connectivity index (χ1v) is 12.7. The van der Waals surface area contributed by atoms with E-state index in [1.165, 1.54) is 0 Å². The van der Waals surface area contributed by atoms with Gasteiger partial charge in [-0.05, 0) is 70.5 Å². The Hall–Kier alpha value is -2.67. The summed E-state index contributed by atoms with van der Waals surface area (Å²) in [7, 11) is 0. The van der Waals surface area contributed by atoms with Gasteiger partial charge < -0.3 is 9.64 Å². The van der Waals surface area contributed by atoms with Gasteiger partial charge in [0.2, 0.25) is 0 Å². The van der Waals surface area contributed by atoms with Crippen molar-refractivity contribution in [2.75, 3.05) is 31.1 Å². The molecule has 0 aromatic heterocycles. The zero-order valence-electron chi connectivity index (χ0n) is 21.6. The van der Waals surface area contributed by atoms with Gasteiger partial charge in [0.25, 0.3) is 11.8 Å². The van der Waals surface area contributed by atoms with Crippen molar-refractivity contribution in [1.29, 1.82) is 0 Å². The molecule has 7 heteroatoms. The average Bonchev–Trinajstić information content (AvgIpc) is 2.79. The second-order valence-corrected chi connectivity index (χ2v) is 8.93. The van der Waals surface area contributed by atoms with Gasteiger partial charge in [0.1, 0.15) is 17.1 Å². The fourth-order valence-corrected chi connectivity index (χ4v) is 4.31. The second kappa shape index (κ2) is 12.7. The van der Waals surface area contributed by atoms with Crippen molar-refractivity contribution in [2.45, 2.75) is 67.2 Å². The number of unbranched alkanes of at least 4 members (excludes halogenated alkanes) is 2. The zero-order valence-corrected chi connectivity index (χ0v) is 22.4. The third kappa shape index (κ3) is 6.06. The Morgan fingerprint density at radius 1 is 0.971 bits per heavy atom. The van der Waals surface area contributed by atoms with Gasteiger partial charge in [-0.3, -0.25) is 19.4 Å². The highest BCUT2D eigenvalue weighted by Crippen LogP contribution is 2.33. The topological polar surface area (TPSA) is 53.1 Å². The molecule has 2 rings (SSSR count). The average molecular weight is 486 g/mol. The molecule has 34 heavy (non-hydrogen) atoms. The number of hydrogen-bond acceptors (Lipinski definition) is 5. The third-order valence-corrected chi connectivity index (χ3v) is 6.46. The molecule has 0 aliphatic carbocycles. The Bertz CT molecular complexity index is 934. The molecule has 1 aromatic carbocycles. The molecule has 0 spiro atoms. The summed E-state index contributed by atoms with van der Waals surface area (Å²) in [6, 6.07) is 5.97. The Balaban J connectivity index is 2.54. The molecule has 1 aliphatic heterocycles. The molecular weight excluding hydrogens is 446 g/mol. The predicted octanol–water partition coefficient (Wildman–Crippen LogP) is 5.77. The molecule has 1 fully saturated rings. The Morgan fingerprint density at radius 2 is 1.50 bits per heavy atom. The molecule has 1 heterocycles. The lowest BCUT2D eigenvalue weighted by Gasteiger charge is -2.37. The Kier molecular flexibility index (Phi) is 10.3.